The van der Waals surface area contributed by atoms with E-state index >= 15 is 4.39 Å². The van der Waals surface area contributed by atoms with Crippen LogP contribution in [0.15, 0.2) is 53.6 Å². The van der Waals surface area contributed by atoms with Gasteiger partial charge in [-0.15, -0.1) is 0 Å². The van der Waals surface area contributed by atoms with Crippen LogP contribution in [0.3, 0.4) is 0 Å². The van der Waals surface area contributed by atoms with E-state index < -0.39 is 21.7 Å². The molecule has 0 atom stereocenters. The number of rotatable bonds is 7. The van der Waals surface area contributed by atoms with E-state index in [-0.39, 0.29) is 27.8 Å². The van der Waals surface area contributed by atoms with Gasteiger partial charge in [0, 0.05) is 12.7 Å². The van der Waals surface area contributed by atoms with Crippen LogP contribution in [0, 0.1) is 11.6 Å². The fourth-order valence-electron chi connectivity index (χ4n) is 3.79. The zero-order valence-electron chi connectivity index (χ0n) is 16.7. The van der Waals surface area contributed by atoms with Crippen LogP contribution in [0.1, 0.15) is 29.9 Å². The number of hydrogen-bond acceptors (Lipinski definition) is 4. The molecule has 0 amide bonds. The molecule has 158 valence electrons. The van der Waals surface area contributed by atoms with E-state index in [1.54, 1.807) is 13.1 Å². The van der Waals surface area contributed by atoms with Gasteiger partial charge in [0.2, 0.25) is 0 Å². The number of ether oxygens (including phenoxy) is 1. The number of nitrogens with zero attached hydrogens (tertiary/aromatic N) is 1. The van der Waals surface area contributed by atoms with Crippen LogP contribution in [-0.2, 0) is 16.6 Å². The van der Waals surface area contributed by atoms with Crippen molar-refractivity contribution in [1.82, 2.24) is 9.29 Å². The van der Waals surface area contributed by atoms with Crippen molar-refractivity contribution in [3.63, 3.8) is 0 Å². The van der Waals surface area contributed by atoms with Gasteiger partial charge in [-0.1, -0.05) is 12.1 Å². The Hall–Kier alpha value is -2.71. The second-order valence-corrected chi connectivity index (χ2v) is 9.11. The number of hydrogen-bond donors (Lipinski definition) is 1. The summed E-state index contributed by atoms with van der Waals surface area (Å²) in [4.78, 5) is -0.201. The smallest absolute Gasteiger partial charge is 0.268 e. The molecule has 1 aromatic heterocycles. The Balaban J connectivity index is 2.06. The van der Waals surface area contributed by atoms with Gasteiger partial charge in [0.25, 0.3) is 10.0 Å². The molecule has 1 heterocycles. The highest BCUT2D eigenvalue weighted by atomic mass is 32.2. The molecule has 3 aromatic rings. The van der Waals surface area contributed by atoms with Crippen molar-refractivity contribution in [2.24, 2.45) is 0 Å². The van der Waals surface area contributed by atoms with Crippen molar-refractivity contribution in [3.05, 3.63) is 71.4 Å². The molecule has 0 saturated heterocycles. The zero-order valence-corrected chi connectivity index (χ0v) is 17.5. The maximum atomic E-state index is 15.1. The van der Waals surface area contributed by atoms with Gasteiger partial charge in [0.1, 0.15) is 17.4 Å². The third-order valence-corrected chi connectivity index (χ3v) is 6.89. The summed E-state index contributed by atoms with van der Waals surface area (Å²) in [6, 6.07) is 9.19. The fourth-order valence-corrected chi connectivity index (χ4v) is 5.22. The van der Waals surface area contributed by atoms with E-state index in [0.717, 1.165) is 34.0 Å². The predicted octanol–water partition coefficient (Wildman–Crippen LogP) is 4.28. The molecule has 0 aliphatic heterocycles. The van der Waals surface area contributed by atoms with Crippen LogP contribution < -0.4 is 10.1 Å². The number of aromatic nitrogens is 1. The zero-order chi connectivity index (χ0) is 21.5. The third-order valence-electron chi connectivity index (χ3n) is 5.23. The Morgan fingerprint density at radius 1 is 1.17 bits per heavy atom. The van der Waals surface area contributed by atoms with Crippen LogP contribution >= 0.6 is 0 Å². The van der Waals surface area contributed by atoms with Gasteiger partial charge in [0.15, 0.2) is 0 Å². The van der Waals surface area contributed by atoms with E-state index in [2.05, 4.69) is 5.32 Å². The molecule has 1 fully saturated rings. The SMILES string of the molecule is CNCc1cn(S(=O)(=O)c2cccc(F)c2)c(-c2c(F)cccc2OC)c1C1CC1. The lowest BCUT2D eigenvalue weighted by atomic mass is 10.00. The van der Waals surface area contributed by atoms with Crippen molar-refractivity contribution < 1.29 is 21.9 Å². The number of methoxy groups -OCH3 is 1. The molecule has 5 nitrogen and oxygen atoms in total. The molecular weight excluding hydrogens is 410 g/mol. The summed E-state index contributed by atoms with van der Waals surface area (Å²) in [5, 5.41) is 3.05. The quantitative estimate of drug-likeness (QED) is 0.606. The highest BCUT2D eigenvalue weighted by Gasteiger charge is 2.36. The lowest BCUT2D eigenvalue weighted by Crippen LogP contribution is -2.14. The Labute approximate surface area is 174 Å². The van der Waals surface area contributed by atoms with Crippen molar-refractivity contribution in [2.75, 3.05) is 14.2 Å². The Kier molecular flexibility index (Phi) is 5.38. The van der Waals surface area contributed by atoms with Gasteiger partial charge in [-0.25, -0.2) is 21.2 Å². The molecule has 1 aliphatic rings. The molecule has 4 rings (SSSR count). The van der Waals surface area contributed by atoms with E-state index in [0.29, 0.717) is 6.54 Å². The third kappa shape index (κ3) is 3.50. The maximum Gasteiger partial charge on any atom is 0.268 e. The van der Waals surface area contributed by atoms with Gasteiger partial charge in [0.05, 0.1) is 23.3 Å². The normalized spacial score (nSPS) is 14.1. The fraction of sp³-hybridized carbons (Fsp3) is 0.273. The summed E-state index contributed by atoms with van der Waals surface area (Å²) >= 11 is 0. The van der Waals surface area contributed by atoms with Gasteiger partial charge >= 0.3 is 0 Å². The molecule has 0 spiro atoms. The molecule has 8 heteroatoms. The summed E-state index contributed by atoms with van der Waals surface area (Å²) in [5.74, 6) is -0.870. The van der Waals surface area contributed by atoms with E-state index in [1.807, 2.05) is 0 Å². The number of benzene rings is 2. The first-order chi connectivity index (χ1) is 14.4. The van der Waals surface area contributed by atoms with Crippen LogP contribution in [0.5, 0.6) is 5.75 Å². The molecule has 2 aromatic carbocycles. The molecule has 30 heavy (non-hydrogen) atoms. The Bertz CT molecular complexity index is 1200. The number of nitrogens with one attached hydrogen (secondary N) is 1. The average Bonchev–Trinajstić information content (AvgIpc) is 3.49. The maximum absolute atomic E-state index is 15.1. The molecule has 1 N–H and O–H groups in total. The average molecular weight is 432 g/mol. The first kappa shape index (κ1) is 20.6. The summed E-state index contributed by atoms with van der Waals surface area (Å²) in [6.07, 6.45) is 3.29. The Morgan fingerprint density at radius 3 is 2.53 bits per heavy atom. The minimum Gasteiger partial charge on any atom is -0.496 e. The van der Waals surface area contributed by atoms with Crippen molar-refractivity contribution >= 4 is 10.0 Å². The van der Waals surface area contributed by atoms with E-state index in [9.17, 15) is 12.8 Å². The van der Waals surface area contributed by atoms with Crippen molar-refractivity contribution in [1.29, 1.82) is 0 Å². The molecular formula is C22H22F2N2O3S. The lowest BCUT2D eigenvalue weighted by molar-refractivity contribution is 0.413. The standard InChI is InChI=1S/C22H22F2N2O3S/c1-25-12-15-13-26(30(27,28)17-6-3-5-16(23)11-17)22(20(15)14-9-10-14)21-18(24)7-4-8-19(21)29-2/h3-8,11,13-14,25H,9-10,12H2,1-2H3. The topological polar surface area (TPSA) is 60.3 Å². The minimum absolute atomic E-state index is 0.0873. The summed E-state index contributed by atoms with van der Waals surface area (Å²) in [6.45, 7) is 0.418. The van der Waals surface area contributed by atoms with E-state index in [4.69, 9.17) is 4.74 Å². The second-order valence-electron chi connectivity index (χ2n) is 7.30. The Morgan fingerprint density at radius 2 is 1.90 bits per heavy atom. The first-order valence-corrected chi connectivity index (χ1v) is 11.0. The summed E-state index contributed by atoms with van der Waals surface area (Å²) < 4.78 is 62.3. The largest absolute Gasteiger partial charge is 0.496 e. The summed E-state index contributed by atoms with van der Waals surface area (Å²) in [5.41, 5.74) is 1.87. The minimum atomic E-state index is -4.18. The summed E-state index contributed by atoms with van der Waals surface area (Å²) in [7, 11) is -1.00. The van der Waals surface area contributed by atoms with Crippen LogP contribution in [0.25, 0.3) is 11.3 Å². The molecule has 1 saturated carbocycles. The predicted molar refractivity (Wildman–Crippen MR) is 110 cm³/mol. The van der Waals surface area contributed by atoms with Gasteiger partial charge in [-0.05, 0) is 67.3 Å². The number of halogens is 2. The van der Waals surface area contributed by atoms with Crippen molar-refractivity contribution in [3.8, 4) is 17.0 Å². The highest BCUT2D eigenvalue weighted by molar-refractivity contribution is 7.90. The van der Waals surface area contributed by atoms with Crippen LogP contribution in [-0.4, -0.2) is 26.5 Å². The molecule has 0 bridgehead atoms. The highest BCUT2D eigenvalue weighted by Crippen LogP contribution is 2.49. The van der Waals surface area contributed by atoms with Gasteiger partial charge < -0.3 is 10.1 Å². The second kappa shape index (κ2) is 7.85. The molecule has 0 radical (unpaired) electrons. The van der Waals surface area contributed by atoms with Gasteiger partial charge in [-0.3, -0.25) is 0 Å². The van der Waals surface area contributed by atoms with Crippen LogP contribution in [0.2, 0.25) is 0 Å². The molecule has 0 unspecified atom stereocenters. The van der Waals surface area contributed by atoms with Gasteiger partial charge in [-0.2, -0.15) is 0 Å². The van der Waals surface area contributed by atoms with E-state index in [1.165, 1.54) is 43.6 Å². The van der Waals surface area contributed by atoms with Crippen molar-refractivity contribution in [2.45, 2.75) is 30.2 Å². The van der Waals surface area contributed by atoms with Crippen LogP contribution in [0.4, 0.5) is 8.78 Å². The first-order valence-electron chi connectivity index (χ1n) is 9.61. The molecule has 1 aliphatic carbocycles. The lowest BCUT2D eigenvalue weighted by Gasteiger charge is -2.16. The monoisotopic (exact) mass is 432 g/mol.